The zero-order valence-electron chi connectivity index (χ0n) is 15.5. The lowest BCUT2D eigenvalue weighted by Gasteiger charge is -2.12. The Morgan fingerprint density at radius 1 is 1.17 bits per heavy atom. The number of halogens is 2. The summed E-state index contributed by atoms with van der Waals surface area (Å²) in [6.07, 6.45) is 3.75. The van der Waals surface area contributed by atoms with Crippen LogP contribution in [-0.2, 0) is 25.8 Å². The second-order valence-electron chi connectivity index (χ2n) is 5.99. The van der Waals surface area contributed by atoms with Gasteiger partial charge in [0.05, 0.1) is 28.8 Å². The van der Waals surface area contributed by atoms with Gasteiger partial charge in [0.2, 0.25) is 15.0 Å². The molecule has 0 radical (unpaired) electrons. The summed E-state index contributed by atoms with van der Waals surface area (Å²) in [4.78, 5) is 24.4. The molecule has 0 bridgehead atoms. The molecular weight excluding hydrogens is 439 g/mol. The van der Waals surface area contributed by atoms with Crippen molar-refractivity contribution in [3.8, 4) is 17.2 Å². The maximum absolute atomic E-state index is 12.0. The molecule has 3 aromatic rings. The molecule has 11 heteroatoms. The fourth-order valence-electron chi connectivity index (χ4n) is 2.60. The number of esters is 1. The lowest BCUT2D eigenvalue weighted by Crippen LogP contribution is -2.14. The Labute approximate surface area is 177 Å². The second kappa shape index (κ2) is 8.48. The van der Waals surface area contributed by atoms with Crippen LogP contribution < -0.4 is 0 Å². The van der Waals surface area contributed by atoms with E-state index in [2.05, 4.69) is 15.0 Å². The minimum atomic E-state index is -3.64. The lowest BCUT2D eigenvalue weighted by atomic mass is 10.2. The number of benzene rings is 1. The maximum atomic E-state index is 12.0. The van der Waals surface area contributed by atoms with Gasteiger partial charge in [-0.25, -0.2) is 23.4 Å². The normalized spacial score (nSPS) is 11.4. The average Bonchev–Trinajstić information content (AvgIpc) is 3.07. The maximum Gasteiger partial charge on any atom is 0.311 e. The number of nitrogens with zero attached hydrogens (tertiary/aromatic N) is 4. The molecule has 0 spiro atoms. The van der Waals surface area contributed by atoms with E-state index < -0.39 is 15.8 Å². The van der Waals surface area contributed by atoms with Crippen molar-refractivity contribution in [2.75, 3.05) is 12.9 Å². The van der Waals surface area contributed by atoms with Crippen LogP contribution >= 0.6 is 23.2 Å². The molecule has 0 atom stereocenters. The number of aromatic nitrogens is 4. The van der Waals surface area contributed by atoms with Crippen molar-refractivity contribution in [1.29, 1.82) is 0 Å². The van der Waals surface area contributed by atoms with Gasteiger partial charge in [-0.2, -0.15) is 0 Å². The van der Waals surface area contributed by atoms with Crippen molar-refractivity contribution in [3.05, 3.63) is 52.4 Å². The molecule has 29 heavy (non-hydrogen) atoms. The Morgan fingerprint density at radius 3 is 2.59 bits per heavy atom. The molecule has 3 rings (SSSR count). The van der Waals surface area contributed by atoms with Crippen molar-refractivity contribution in [3.63, 3.8) is 0 Å². The summed E-state index contributed by atoms with van der Waals surface area (Å²) in [6, 6.07) is 6.46. The number of rotatable bonds is 6. The zero-order valence-corrected chi connectivity index (χ0v) is 17.8. The van der Waals surface area contributed by atoms with E-state index in [0.717, 1.165) is 6.26 Å². The molecule has 0 aliphatic heterocycles. The molecule has 0 aliphatic carbocycles. The lowest BCUT2D eigenvalue weighted by molar-refractivity contribution is -0.142. The van der Waals surface area contributed by atoms with Gasteiger partial charge >= 0.3 is 5.97 Å². The summed E-state index contributed by atoms with van der Waals surface area (Å²) in [5, 5.41) is 0.359. The van der Waals surface area contributed by atoms with Crippen LogP contribution in [0.3, 0.4) is 0 Å². The van der Waals surface area contributed by atoms with Crippen molar-refractivity contribution < 1.29 is 17.9 Å². The van der Waals surface area contributed by atoms with E-state index in [1.54, 1.807) is 29.7 Å². The van der Waals surface area contributed by atoms with E-state index in [0.29, 0.717) is 27.1 Å². The third kappa shape index (κ3) is 4.75. The van der Waals surface area contributed by atoms with E-state index in [4.69, 9.17) is 27.9 Å². The quantitative estimate of drug-likeness (QED) is 0.416. The highest BCUT2D eigenvalue weighted by atomic mass is 35.5. The van der Waals surface area contributed by atoms with Crippen molar-refractivity contribution in [2.45, 2.75) is 18.5 Å². The monoisotopic (exact) mass is 454 g/mol. The van der Waals surface area contributed by atoms with Gasteiger partial charge in [0.15, 0.2) is 0 Å². The van der Waals surface area contributed by atoms with Gasteiger partial charge < -0.3 is 4.74 Å². The Kier molecular flexibility index (Phi) is 6.21. The summed E-state index contributed by atoms with van der Waals surface area (Å²) in [7, 11) is -3.64. The summed E-state index contributed by atoms with van der Waals surface area (Å²) >= 11 is 12.1. The van der Waals surface area contributed by atoms with Crippen LogP contribution in [0.4, 0.5) is 0 Å². The van der Waals surface area contributed by atoms with Crippen LogP contribution in [0.15, 0.2) is 41.8 Å². The SMILES string of the molecule is CCOC(=O)Cc1cnc(-c2ccc(Cl)c(Cl)c2)n1-c1ccnc(S(C)(=O)=O)n1. The van der Waals surface area contributed by atoms with Crippen LogP contribution in [0.25, 0.3) is 17.2 Å². The fraction of sp³-hybridized carbons (Fsp3) is 0.222. The van der Waals surface area contributed by atoms with Gasteiger partial charge in [-0.3, -0.25) is 9.36 Å². The van der Waals surface area contributed by atoms with Gasteiger partial charge in [0.25, 0.3) is 0 Å². The van der Waals surface area contributed by atoms with E-state index in [-0.39, 0.29) is 24.0 Å². The number of carbonyl (C=O) groups is 1. The summed E-state index contributed by atoms with van der Waals surface area (Å²) < 4.78 is 30.3. The Morgan fingerprint density at radius 2 is 1.93 bits per heavy atom. The number of imidazole rings is 1. The molecular formula is C18H16Cl2N4O4S. The van der Waals surface area contributed by atoms with Crippen LogP contribution in [0, 0.1) is 0 Å². The van der Waals surface area contributed by atoms with E-state index in [1.807, 2.05) is 0 Å². The molecule has 0 aliphatic rings. The first-order chi connectivity index (χ1) is 13.7. The fourth-order valence-corrected chi connectivity index (χ4v) is 3.41. The molecule has 2 aromatic heterocycles. The molecule has 152 valence electrons. The Bertz CT molecular complexity index is 1180. The number of sulfone groups is 1. The topological polar surface area (TPSA) is 104 Å². The van der Waals surface area contributed by atoms with E-state index >= 15 is 0 Å². The summed E-state index contributed by atoms with van der Waals surface area (Å²) in [5.41, 5.74) is 1.07. The van der Waals surface area contributed by atoms with Gasteiger partial charge in [0.1, 0.15) is 11.6 Å². The average molecular weight is 455 g/mol. The van der Waals surface area contributed by atoms with Crippen molar-refractivity contribution in [2.24, 2.45) is 0 Å². The third-order valence-electron chi connectivity index (χ3n) is 3.82. The van der Waals surface area contributed by atoms with Crippen LogP contribution in [-0.4, -0.2) is 46.8 Å². The Balaban J connectivity index is 2.20. The van der Waals surface area contributed by atoms with Crippen LogP contribution in [0.5, 0.6) is 0 Å². The number of ether oxygens (including phenoxy) is 1. The molecule has 0 saturated carbocycles. The van der Waals surface area contributed by atoms with Crippen LogP contribution in [0.1, 0.15) is 12.6 Å². The van der Waals surface area contributed by atoms with E-state index in [1.165, 1.54) is 18.5 Å². The summed E-state index contributed by atoms with van der Waals surface area (Å²) in [6.45, 7) is 1.94. The van der Waals surface area contributed by atoms with E-state index in [9.17, 15) is 13.2 Å². The molecule has 2 heterocycles. The predicted molar refractivity (Wildman–Crippen MR) is 108 cm³/mol. The molecule has 1 aromatic carbocycles. The van der Waals surface area contributed by atoms with Crippen molar-refractivity contribution >= 4 is 39.0 Å². The first kappa shape index (κ1) is 21.2. The number of hydrogen-bond acceptors (Lipinski definition) is 7. The minimum Gasteiger partial charge on any atom is -0.466 e. The molecule has 0 fully saturated rings. The second-order valence-corrected chi connectivity index (χ2v) is 8.71. The first-order valence-electron chi connectivity index (χ1n) is 8.42. The summed E-state index contributed by atoms with van der Waals surface area (Å²) in [5.74, 6) is 0.186. The highest BCUT2D eigenvalue weighted by Gasteiger charge is 2.20. The largest absolute Gasteiger partial charge is 0.466 e. The smallest absolute Gasteiger partial charge is 0.311 e. The van der Waals surface area contributed by atoms with Gasteiger partial charge in [-0.15, -0.1) is 0 Å². The number of carbonyl (C=O) groups excluding carboxylic acids is 1. The third-order valence-corrected chi connectivity index (χ3v) is 5.42. The van der Waals surface area contributed by atoms with Gasteiger partial charge in [-0.05, 0) is 31.2 Å². The zero-order chi connectivity index (χ0) is 21.2. The predicted octanol–water partition coefficient (Wildman–Crippen LogP) is 3.15. The van der Waals surface area contributed by atoms with Crippen LogP contribution in [0.2, 0.25) is 10.0 Å². The number of hydrogen-bond donors (Lipinski definition) is 0. The standard InChI is InChI=1S/C18H16Cl2N4O4S/c1-3-28-16(25)9-12-10-22-17(11-4-5-13(19)14(20)8-11)24(12)15-6-7-21-18(23-15)29(2,26)27/h4-8,10H,3,9H2,1-2H3. The minimum absolute atomic E-state index is 0.0830. The molecule has 8 nitrogen and oxygen atoms in total. The highest BCUT2D eigenvalue weighted by molar-refractivity contribution is 7.90. The van der Waals surface area contributed by atoms with Gasteiger partial charge in [-0.1, -0.05) is 23.2 Å². The molecule has 0 N–H and O–H groups in total. The van der Waals surface area contributed by atoms with Crippen molar-refractivity contribution in [1.82, 2.24) is 19.5 Å². The first-order valence-corrected chi connectivity index (χ1v) is 11.1. The molecule has 0 unspecified atom stereocenters. The highest BCUT2D eigenvalue weighted by Crippen LogP contribution is 2.30. The van der Waals surface area contributed by atoms with Gasteiger partial charge in [0, 0.05) is 24.2 Å². The Hall–Kier alpha value is -2.49. The molecule has 0 saturated heterocycles. The molecule has 0 amide bonds.